The van der Waals surface area contributed by atoms with Crippen LogP contribution < -0.4 is 0 Å². The van der Waals surface area contributed by atoms with Gasteiger partial charge < -0.3 is 4.57 Å². The van der Waals surface area contributed by atoms with Gasteiger partial charge in [-0.3, -0.25) is 4.98 Å². The van der Waals surface area contributed by atoms with Crippen LogP contribution in [0.25, 0.3) is 11.4 Å². The number of hydrogen-bond acceptors (Lipinski definition) is 7. The van der Waals surface area contributed by atoms with Gasteiger partial charge in [0, 0.05) is 30.9 Å². The lowest BCUT2D eigenvalue weighted by Crippen LogP contribution is -1.99. The molecule has 0 N–H and O–H groups in total. The van der Waals surface area contributed by atoms with E-state index in [0.29, 0.717) is 0 Å². The largest absolute Gasteiger partial charge is 0.302 e. The van der Waals surface area contributed by atoms with Gasteiger partial charge in [-0.15, -0.1) is 10.2 Å². The van der Waals surface area contributed by atoms with Crippen LogP contribution in [0.2, 0.25) is 0 Å². The molecule has 0 spiro atoms. The van der Waals surface area contributed by atoms with E-state index >= 15 is 0 Å². The zero-order valence-corrected chi connectivity index (χ0v) is 13.4. The van der Waals surface area contributed by atoms with E-state index in [1.807, 2.05) is 19.1 Å². The van der Waals surface area contributed by atoms with Crippen molar-refractivity contribution in [1.29, 1.82) is 0 Å². The van der Waals surface area contributed by atoms with E-state index in [2.05, 4.69) is 36.0 Å². The Morgan fingerprint density at radius 2 is 2.19 bits per heavy atom. The second-order valence-electron chi connectivity index (χ2n) is 4.22. The summed E-state index contributed by atoms with van der Waals surface area (Å²) in [5.74, 6) is 1.70. The minimum absolute atomic E-state index is 0.791. The number of rotatable bonds is 5. The van der Waals surface area contributed by atoms with Crippen molar-refractivity contribution in [3.63, 3.8) is 0 Å². The van der Waals surface area contributed by atoms with Crippen LogP contribution in [0, 0.1) is 0 Å². The molecular formula is C13H14N6S2. The Morgan fingerprint density at radius 1 is 1.29 bits per heavy atom. The lowest BCUT2D eigenvalue weighted by molar-refractivity contribution is 0.687. The molecule has 0 unspecified atom stereocenters. The van der Waals surface area contributed by atoms with Crippen LogP contribution in [0.15, 0.2) is 34.0 Å². The second kappa shape index (κ2) is 6.31. The maximum Gasteiger partial charge on any atom is 0.198 e. The highest BCUT2D eigenvalue weighted by Crippen LogP contribution is 2.30. The maximum absolute atomic E-state index is 4.46. The van der Waals surface area contributed by atoms with Crippen molar-refractivity contribution in [3.05, 3.63) is 30.4 Å². The Morgan fingerprint density at radius 3 is 2.86 bits per heavy atom. The Kier molecular flexibility index (Phi) is 4.26. The third-order valence-corrected chi connectivity index (χ3v) is 4.67. The molecule has 21 heavy (non-hydrogen) atoms. The van der Waals surface area contributed by atoms with E-state index in [9.17, 15) is 0 Å². The Labute approximate surface area is 130 Å². The van der Waals surface area contributed by atoms with E-state index in [4.69, 9.17) is 0 Å². The van der Waals surface area contributed by atoms with Gasteiger partial charge in [-0.05, 0) is 42.4 Å². The SMILES string of the molecule is CCc1nsc(Sc2nnc(-c3cccnc3)n2CC)n1. The average molecular weight is 318 g/mol. The van der Waals surface area contributed by atoms with Gasteiger partial charge in [0.25, 0.3) is 0 Å². The van der Waals surface area contributed by atoms with Crippen LogP contribution in [0.1, 0.15) is 19.7 Å². The molecule has 3 aromatic rings. The average Bonchev–Trinajstić information content (AvgIpc) is 3.15. The van der Waals surface area contributed by atoms with Gasteiger partial charge in [-0.2, -0.15) is 4.37 Å². The summed E-state index contributed by atoms with van der Waals surface area (Å²) in [5, 5.41) is 9.40. The van der Waals surface area contributed by atoms with Gasteiger partial charge in [0.1, 0.15) is 5.82 Å². The van der Waals surface area contributed by atoms with E-state index in [1.54, 1.807) is 12.4 Å². The van der Waals surface area contributed by atoms with E-state index in [1.165, 1.54) is 23.3 Å². The topological polar surface area (TPSA) is 69.4 Å². The molecule has 0 saturated carbocycles. The van der Waals surface area contributed by atoms with Crippen molar-refractivity contribution >= 4 is 23.3 Å². The maximum atomic E-state index is 4.46. The normalized spacial score (nSPS) is 11.0. The van der Waals surface area contributed by atoms with Crippen molar-refractivity contribution in [2.24, 2.45) is 0 Å². The first-order valence-corrected chi connectivity index (χ1v) is 8.24. The minimum atomic E-state index is 0.791. The molecule has 0 atom stereocenters. The monoisotopic (exact) mass is 318 g/mol. The molecule has 0 aliphatic carbocycles. The molecular weight excluding hydrogens is 304 g/mol. The smallest absolute Gasteiger partial charge is 0.198 e. The number of hydrogen-bond donors (Lipinski definition) is 0. The molecule has 0 amide bonds. The third-order valence-electron chi connectivity index (χ3n) is 2.90. The zero-order chi connectivity index (χ0) is 14.7. The predicted octanol–water partition coefficient (Wildman–Crippen LogP) is 2.93. The van der Waals surface area contributed by atoms with Gasteiger partial charge in [0.05, 0.1) is 0 Å². The first kappa shape index (κ1) is 14.2. The molecule has 0 aromatic carbocycles. The zero-order valence-electron chi connectivity index (χ0n) is 11.7. The van der Waals surface area contributed by atoms with Crippen molar-refractivity contribution in [2.75, 3.05) is 0 Å². The number of aromatic nitrogens is 6. The number of pyridine rings is 1. The van der Waals surface area contributed by atoms with Crippen LogP contribution in [0.3, 0.4) is 0 Å². The van der Waals surface area contributed by atoms with Gasteiger partial charge in [0.2, 0.25) is 0 Å². The van der Waals surface area contributed by atoms with Gasteiger partial charge >= 0.3 is 0 Å². The second-order valence-corrected chi connectivity index (χ2v) is 6.19. The van der Waals surface area contributed by atoms with Gasteiger partial charge in [-0.1, -0.05) is 6.92 Å². The van der Waals surface area contributed by atoms with Crippen molar-refractivity contribution in [2.45, 2.75) is 36.3 Å². The highest BCUT2D eigenvalue weighted by molar-refractivity contribution is 8.00. The fourth-order valence-corrected chi connectivity index (χ4v) is 3.56. The van der Waals surface area contributed by atoms with Crippen LogP contribution in [0.5, 0.6) is 0 Å². The molecule has 0 aliphatic rings. The lowest BCUT2D eigenvalue weighted by atomic mass is 10.3. The molecule has 108 valence electrons. The molecule has 8 heteroatoms. The molecule has 3 heterocycles. The molecule has 3 rings (SSSR count). The molecule has 0 aliphatic heterocycles. The summed E-state index contributed by atoms with van der Waals surface area (Å²) in [6, 6.07) is 3.88. The van der Waals surface area contributed by atoms with E-state index in [0.717, 1.165) is 39.7 Å². The summed E-state index contributed by atoms with van der Waals surface area (Å²) < 4.78 is 7.25. The summed E-state index contributed by atoms with van der Waals surface area (Å²) in [6.45, 7) is 4.91. The van der Waals surface area contributed by atoms with Crippen molar-refractivity contribution < 1.29 is 0 Å². The summed E-state index contributed by atoms with van der Waals surface area (Å²) in [7, 11) is 0. The van der Waals surface area contributed by atoms with Crippen molar-refractivity contribution in [1.82, 2.24) is 29.1 Å². The molecule has 0 radical (unpaired) electrons. The third kappa shape index (κ3) is 2.96. The first-order valence-electron chi connectivity index (χ1n) is 6.65. The fraction of sp³-hybridized carbons (Fsp3) is 0.308. The van der Waals surface area contributed by atoms with Gasteiger partial charge in [-0.25, -0.2) is 4.98 Å². The van der Waals surface area contributed by atoms with E-state index < -0.39 is 0 Å². The van der Waals surface area contributed by atoms with Crippen molar-refractivity contribution in [3.8, 4) is 11.4 Å². The van der Waals surface area contributed by atoms with Crippen LogP contribution in [-0.2, 0) is 13.0 Å². The molecule has 6 nitrogen and oxygen atoms in total. The van der Waals surface area contributed by atoms with Gasteiger partial charge in [0.15, 0.2) is 15.3 Å². The Balaban J connectivity index is 1.91. The van der Waals surface area contributed by atoms with Crippen LogP contribution in [-0.4, -0.2) is 29.1 Å². The summed E-state index contributed by atoms with van der Waals surface area (Å²) in [6.07, 6.45) is 4.39. The predicted molar refractivity (Wildman–Crippen MR) is 82.3 cm³/mol. The Hall–Kier alpha value is -1.80. The number of aryl methyl sites for hydroxylation is 1. The quantitative estimate of drug-likeness (QED) is 0.720. The summed E-state index contributed by atoms with van der Waals surface area (Å²) in [4.78, 5) is 8.59. The lowest BCUT2D eigenvalue weighted by Gasteiger charge is -2.05. The first-order chi connectivity index (χ1) is 10.3. The Bertz CT molecular complexity index is 721. The molecule has 0 fully saturated rings. The summed E-state index contributed by atoms with van der Waals surface area (Å²) in [5.41, 5.74) is 0.963. The van der Waals surface area contributed by atoms with E-state index in [-0.39, 0.29) is 0 Å². The fourth-order valence-electron chi connectivity index (χ4n) is 1.86. The number of nitrogens with zero attached hydrogens (tertiary/aromatic N) is 6. The standard InChI is InChI=1S/C13H14N6S2/c1-3-10-15-13(21-18-10)20-12-17-16-11(19(12)4-2)9-6-5-7-14-8-9/h5-8H,3-4H2,1-2H3. The molecule has 3 aromatic heterocycles. The van der Waals surface area contributed by atoms with Crippen LogP contribution in [0.4, 0.5) is 0 Å². The van der Waals surface area contributed by atoms with Crippen LogP contribution >= 0.6 is 23.3 Å². The highest BCUT2D eigenvalue weighted by atomic mass is 32.2. The summed E-state index contributed by atoms with van der Waals surface area (Å²) >= 11 is 2.91. The molecule has 0 bridgehead atoms. The minimum Gasteiger partial charge on any atom is -0.302 e. The molecule has 0 saturated heterocycles. The highest BCUT2D eigenvalue weighted by Gasteiger charge is 2.15.